The van der Waals surface area contributed by atoms with Gasteiger partial charge in [-0.3, -0.25) is 19.4 Å². The SMILES string of the molecule is COc1cc2c(cc1OC/C=C/NC(=O)c1cccc3c(=O)c4ccccc4[nH]c13)N=C[C@@H]1CCCN1C2=O. The van der Waals surface area contributed by atoms with Crippen LogP contribution in [-0.2, 0) is 0 Å². The molecule has 9 nitrogen and oxygen atoms in total. The standard InChI is InChI=1S/C30H26N4O5/c1-38-25-15-22-24(32-17-18-7-5-13-34(18)30(22)37)16-26(25)39-14-6-12-31-29(36)21-10-4-9-20-27(21)33-23-11-3-2-8-19(23)28(20)35/h2-4,6,8-12,15-18H,5,7,13-14H2,1H3,(H,31,36)(H,33,35)/b12-6+/t18-/m0/s1. The van der Waals surface area contributed by atoms with Crippen LogP contribution < -0.4 is 20.2 Å². The number of pyridine rings is 1. The van der Waals surface area contributed by atoms with E-state index in [-0.39, 0.29) is 29.9 Å². The number of fused-ring (bicyclic) bond motifs is 4. The monoisotopic (exact) mass is 522 g/mol. The van der Waals surface area contributed by atoms with E-state index in [1.54, 1.807) is 42.5 Å². The fraction of sp³-hybridized carbons (Fsp3) is 0.200. The Morgan fingerprint density at radius 2 is 1.97 bits per heavy atom. The molecule has 0 saturated carbocycles. The van der Waals surface area contributed by atoms with Gasteiger partial charge in [-0.25, -0.2) is 0 Å². The Morgan fingerprint density at radius 3 is 2.85 bits per heavy atom. The van der Waals surface area contributed by atoms with Gasteiger partial charge in [-0.15, -0.1) is 0 Å². The van der Waals surface area contributed by atoms with E-state index in [9.17, 15) is 14.4 Å². The van der Waals surface area contributed by atoms with Crippen LogP contribution in [0.25, 0.3) is 21.8 Å². The fourth-order valence-corrected chi connectivity index (χ4v) is 5.15. The van der Waals surface area contributed by atoms with Gasteiger partial charge >= 0.3 is 0 Å². The smallest absolute Gasteiger partial charge is 0.257 e. The number of aliphatic imine (C=N–C) groups is 1. The summed E-state index contributed by atoms with van der Waals surface area (Å²) in [5, 5.41) is 3.76. The lowest BCUT2D eigenvalue weighted by Crippen LogP contribution is -2.35. The average molecular weight is 523 g/mol. The predicted molar refractivity (Wildman–Crippen MR) is 149 cm³/mol. The Labute approximate surface area is 223 Å². The van der Waals surface area contributed by atoms with Gasteiger partial charge in [-0.2, -0.15) is 0 Å². The number of aromatic nitrogens is 1. The summed E-state index contributed by atoms with van der Waals surface area (Å²) in [6, 6.07) is 15.7. The summed E-state index contributed by atoms with van der Waals surface area (Å²) >= 11 is 0. The van der Waals surface area contributed by atoms with Gasteiger partial charge in [0.25, 0.3) is 11.8 Å². The molecule has 3 heterocycles. The molecule has 0 aliphatic carbocycles. The Hall–Kier alpha value is -4.92. The van der Waals surface area contributed by atoms with E-state index in [4.69, 9.17) is 9.47 Å². The zero-order chi connectivity index (χ0) is 26.9. The molecule has 196 valence electrons. The molecule has 0 spiro atoms. The molecule has 1 saturated heterocycles. The molecule has 2 N–H and O–H groups in total. The van der Waals surface area contributed by atoms with Gasteiger partial charge in [0.2, 0.25) is 0 Å². The molecule has 1 aromatic heterocycles. The summed E-state index contributed by atoms with van der Waals surface area (Å²) in [5.41, 5.74) is 2.41. The van der Waals surface area contributed by atoms with Crippen LogP contribution in [0.3, 0.4) is 0 Å². The van der Waals surface area contributed by atoms with Crippen molar-refractivity contribution in [1.82, 2.24) is 15.2 Å². The lowest BCUT2D eigenvalue weighted by Gasteiger charge is -2.20. The van der Waals surface area contributed by atoms with E-state index < -0.39 is 0 Å². The third-order valence-electron chi connectivity index (χ3n) is 7.11. The Kier molecular flexibility index (Phi) is 6.32. The van der Waals surface area contributed by atoms with Gasteiger partial charge in [0.1, 0.15) is 6.61 Å². The number of hydrogen-bond donors (Lipinski definition) is 2. The number of ether oxygens (including phenoxy) is 2. The Morgan fingerprint density at radius 1 is 1.13 bits per heavy atom. The highest BCUT2D eigenvalue weighted by molar-refractivity contribution is 6.08. The normalized spacial score (nSPS) is 16.4. The lowest BCUT2D eigenvalue weighted by atomic mass is 10.1. The minimum absolute atomic E-state index is 0.0186. The number of aromatic amines is 1. The Balaban J connectivity index is 1.17. The third-order valence-corrected chi connectivity index (χ3v) is 7.11. The lowest BCUT2D eigenvalue weighted by molar-refractivity contribution is 0.0774. The number of nitrogens with zero attached hydrogens (tertiary/aromatic N) is 2. The predicted octanol–water partition coefficient (Wildman–Crippen LogP) is 4.33. The minimum Gasteiger partial charge on any atom is -0.493 e. The maximum absolute atomic E-state index is 13.0. The summed E-state index contributed by atoms with van der Waals surface area (Å²) in [4.78, 5) is 48.5. The van der Waals surface area contributed by atoms with Crippen molar-refractivity contribution < 1.29 is 19.1 Å². The van der Waals surface area contributed by atoms with Crippen molar-refractivity contribution in [2.75, 3.05) is 20.3 Å². The highest BCUT2D eigenvalue weighted by atomic mass is 16.5. The molecular weight excluding hydrogens is 496 g/mol. The molecule has 1 fully saturated rings. The zero-order valence-corrected chi connectivity index (χ0v) is 21.3. The number of carbonyl (C=O) groups is 2. The van der Waals surface area contributed by atoms with E-state index in [0.29, 0.717) is 50.1 Å². The van der Waals surface area contributed by atoms with Gasteiger partial charge < -0.3 is 24.7 Å². The molecule has 3 aromatic carbocycles. The van der Waals surface area contributed by atoms with Gasteiger partial charge in [0.15, 0.2) is 16.9 Å². The summed E-state index contributed by atoms with van der Waals surface area (Å²) in [6.07, 6.45) is 6.84. The van der Waals surface area contributed by atoms with Crippen molar-refractivity contribution in [3.05, 3.63) is 88.2 Å². The first kappa shape index (κ1) is 24.4. The number of H-pyrrole nitrogens is 1. The molecule has 2 aliphatic rings. The molecule has 0 bridgehead atoms. The minimum atomic E-state index is -0.362. The highest BCUT2D eigenvalue weighted by Crippen LogP contribution is 2.38. The van der Waals surface area contributed by atoms with Crippen LogP contribution in [0.2, 0.25) is 0 Å². The molecule has 2 aliphatic heterocycles. The molecule has 6 rings (SSSR count). The van der Waals surface area contributed by atoms with Crippen LogP contribution in [0, 0.1) is 0 Å². The van der Waals surface area contributed by atoms with Gasteiger partial charge in [0.05, 0.1) is 35.5 Å². The number of para-hydroxylation sites is 2. The maximum atomic E-state index is 13.0. The van der Waals surface area contributed by atoms with Crippen LogP contribution in [0.1, 0.15) is 33.6 Å². The first-order valence-electron chi connectivity index (χ1n) is 12.7. The van der Waals surface area contributed by atoms with E-state index in [1.165, 1.54) is 13.3 Å². The van der Waals surface area contributed by atoms with Gasteiger partial charge in [-0.1, -0.05) is 18.2 Å². The van der Waals surface area contributed by atoms with E-state index in [1.807, 2.05) is 29.3 Å². The second-order valence-electron chi connectivity index (χ2n) is 9.42. The highest BCUT2D eigenvalue weighted by Gasteiger charge is 2.32. The van der Waals surface area contributed by atoms with E-state index >= 15 is 0 Å². The van der Waals surface area contributed by atoms with Crippen molar-refractivity contribution in [1.29, 1.82) is 0 Å². The number of carbonyl (C=O) groups excluding carboxylic acids is 2. The molecule has 4 aromatic rings. The molecule has 1 atom stereocenters. The molecule has 2 amide bonds. The Bertz CT molecular complexity index is 1740. The number of nitrogens with one attached hydrogen (secondary N) is 2. The second-order valence-corrected chi connectivity index (χ2v) is 9.42. The quantitative estimate of drug-likeness (QED) is 0.366. The van der Waals surface area contributed by atoms with Crippen LogP contribution in [0.5, 0.6) is 11.5 Å². The first-order valence-corrected chi connectivity index (χ1v) is 12.7. The van der Waals surface area contributed by atoms with Crippen molar-refractivity contribution >= 4 is 45.5 Å². The number of amides is 2. The third kappa shape index (κ3) is 4.41. The van der Waals surface area contributed by atoms with Crippen molar-refractivity contribution in [3.63, 3.8) is 0 Å². The fourth-order valence-electron chi connectivity index (χ4n) is 5.15. The maximum Gasteiger partial charge on any atom is 0.257 e. The molecule has 9 heteroatoms. The van der Waals surface area contributed by atoms with E-state index in [0.717, 1.165) is 19.4 Å². The van der Waals surface area contributed by atoms with Gasteiger partial charge in [0, 0.05) is 41.3 Å². The topological polar surface area (TPSA) is 113 Å². The second kappa shape index (κ2) is 10.1. The molecule has 39 heavy (non-hydrogen) atoms. The number of hydrogen-bond acceptors (Lipinski definition) is 6. The summed E-state index contributed by atoms with van der Waals surface area (Å²) in [7, 11) is 1.52. The summed E-state index contributed by atoms with van der Waals surface area (Å²) in [5.74, 6) is 0.455. The summed E-state index contributed by atoms with van der Waals surface area (Å²) < 4.78 is 11.4. The van der Waals surface area contributed by atoms with Gasteiger partial charge in [-0.05, 0) is 49.2 Å². The van der Waals surface area contributed by atoms with Crippen LogP contribution >= 0.6 is 0 Å². The largest absolute Gasteiger partial charge is 0.493 e. The molecule has 0 radical (unpaired) electrons. The molecular formula is C30H26N4O5. The number of rotatable bonds is 6. The van der Waals surface area contributed by atoms with Crippen LogP contribution in [0.15, 0.2) is 76.7 Å². The van der Waals surface area contributed by atoms with Crippen molar-refractivity contribution in [2.45, 2.75) is 18.9 Å². The number of benzene rings is 3. The van der Waals surface area contributed by atoms with Crippen LogP contribution in [-0.4, -0.2) is 54.2 Å². The average Bonchev–Trinajstić information content (AvgIpc) is 3.39. The summed E-state index contributed by atoms with van der Waals surface area (Å²) in [6.45, 7) is 0.857. The van der Waals surface area contributed by atoms with Crippen molar-refractivity contribution in [2.24, 2.45) is 4.99 Å². The van der Waals surface area contributed by atoms with Crippen molar-refractivity contribution in [3.8, 4) is 11.5 Å². The zero-order valence-electron chi connectivity index (χ0n) is 21.3. The van der Waals surface area contributed by atoms with E-state index in [2.05, 4.69) is 15.3 Å². The first-order chi connectivity index (χ1) is 19.0. The van der Waals surface area contributed by atoms with Crippen LogP contribution in [0.4, 0.5) is 5.69 Å². The molecule has 0 unspecified atom stereocenters. The number of methoxy groups -OCH3 is 1.